The van der Waals surface area contributed by atoms with Gasteiger partial charge in [0, 0.05) is 12.8 Å². The van der Waals surface area contributed by atoms with Crippen LogP contribution in [0.25, 0.3) is 0 Å². The molecule has 1 unspecified atom stereocenters. The summed E-state index contributed by atoms with van der Waals surface area (Å²) >= 11 is 0. The van der Waals surface area contributed by atoms with Gasteiger partial charge in [0.15, 0.2) is 6.10 Å². The molecule has 5 nitrogen and oxygen atoms in total. The van der Waals surface area contributed by atoms with Crippen molar-refractivity contribution in [3.8, 4) is 0 Å². The Hall–Kier alpha value is -2.14. The predicted octanol–water partition coefficient (Wildman–Crippen LogP) is 8.33. The quantitative estimate of drug-likeness (QED) is 0.0747. The van der Waals surface area contributed by atoms with Crippen LogP contribution in [-0.2, 0) is 19.1 Å². The summed E-state index contributed by atoms with van der Waals surface area (Å²) in [5.74, 6) is -0.645. The Balaban J connectivity index is 3.71. The zero-order valence-electron chi connectivity index (χ0n) is 23.7. The van der Waals surface area contributed by atoms with Gasteiger partial charge in [-0.1, -0.05) is 127 Å². The van der Waals surface area contributed by atoms with E-state index in [1.54, 1.807) is 0 Å². The Kier molecular flexibility index (Phi) is 26.8. The number of ether oxygens (including phenoxy) is 2. The topological polar surface area (TPSA) is 72.8 Å². The van der Waals surface area contributed by atoms with Crippen LogP contribution in [0.4, 0.5) is 0 Å². The molecule has 212 valence electrons. The van der Waals surface area contributed by atoms with Gasteiger partial charge in [0.25, 0.3) is 0 Å². The second kappa shape index (κ2) is 28.4. The number of esters is 2. The van der Waals surface area contributed by atoms with Crippen molar-refractivity contribution in [3.05, 3.63) is 48.6 Å². The third-order valence-corrected chi connectivity index (χ3v) is 5.98. The minimum absolute atomic E-state index is 0.0864. The largest absolute Gasteiger partial charge is 0.462 e. The Labute approximate surface area is 227 Å². The van der Waals surface area contributed by atoms with E-state index in [0.717, 1.165) is 51.4 Å². The van der Waals surface area contributed by atoms with Crippen molar-refractivity contribution >= 4 is 11.9 Å². The van der Waals surface area contributed by atoms with Crippen molar-refractivity contribution < 1.29 is 24.2 Å². The minimum Gasteiger partial charge on any atom is -0.462 e. The first-order valence-corrected chi connectivity index (χ1v) is 14.7. The van der Waals surface area contributed by atoms with E-state index < -0.39 is 6.10 Å². The molecule has 0 saturated carbocycles. The molecule has 0 aliphatic rings. The maximum atomic E-state index is 12.0. The van der Waals surface area contributed by atoms with Crippen LogP contribution in [0.2, 0.25) is 0 Å². The highest BCUT2D eigenvalue weighted by molar-refractivity contribution is 5.70. The Morgan fingerprint density at radius 2 is 1.16 bits per heavy atom. The standard InChI is InChI=1S/C32H54O5/c1-3-5-7-9-11-13-15-16-17-19-20-22-24-26-31(34)36-29-30(28-33)37-32(35)27-25-23-21-18-14-12-10-8-6-4-2/h5,7,9,11,13,15-17,30,33H,3-4,6,8,10,12,14,18-29H2,1-2H3/b7-5+,11-9+,15-13+,17-16+. The van der Waals surface area contributed by atoms with E-state index >= 15 is 0 Å². The van der Waals surface area contributed by atoms with E-state index in [1.807, 2.05) is 36.5 Å². The average molecular weight is 519 g/mol. The van der Waals surface area contributed by atoms with Crippen LogP contribution < -0.4 is 0 Å². The molecule has 5 heteroatoms. The number of unbranched alkanes of at least 4 members (excludes halogenated alkanes) is 12. The van der Waals surface area contributed by atoms with Crippen molar-refractivity contribution in [2.45, 2.75) is 129 Å². The van der Waals surface area contributed by atoms with Crippen LogP contribution in [0.1, 0.15) is 123 Å². The molecule has 0 saturated heterocycles. The molecule has 0 fully saturated rings. The lowest BCUT2D eigenvalue weighted by molar-refractivity contribution is -0.161. The van der Waals surface area contributed by atoms with Crippen LogP contribution in [0.5, 0.6) is 0 Å². The maximum absolute atomic E-state index is 12.0. The van der Waals surface area contributed by atoms with Gasteiger partial charge in [0.05, 0.1) is 6.61 Å². The van der Waals surface area contributed by atoms with E-state index in [0.29, 0.717) is 12.8 Å². The van der Waals surface area contributed by atoms with E-state index in [2.05, 4.69) is 26.0 Å². The molecule has 0 heterocycles. The first-order chi connectivity index (χ1) is 18.1. The molecular weight excluding hydrogens is 464 g/mol. The molecular formula is C32H54O5. The smallest absolute Gasteiger partial charge is 0.306 e. The SMILES string of the molecule is CC/C=C/C=C/C=C/C=C/CCCCCC(=O)OCC(CO)OC(=O)CCCCCCCCCCCC. The lowest BCUT2D eigenvalue weighted by atomic mass is 10.1. The van der Waals surface area contributed by atoms with Crippen molar-refractivity contribution in [1.82, 2.24) is 0 Å². The van der Waals surface area contributed by atoms with Crippen molar-refractivity contribution in [1.29, 1.82) is 0 Å². The summed E-state index contributed by atoms with van der Waals surface area (Å²) in [6.45, 7) is 3.91. The summed E-state index contributed by atoms with van der Waals surface area (Å²) in [5, 5.41) is 9.45. The summed E-state index contributed by atoms with van der Waals surface area (Å²) in [4.78, 5) is 24.0. The molecule has 0 aromatic carbocycles. The van der Waals surface area contributed by atoms with E-state index in [9.17, 15) is 14.7 Å². The van der Waals surface area contributed by atoms with Gasteiger partial charge in [-0.25, -0.2) is 0 Å². The number of aliphatic hydroxyl groups excluding tert-OH is 1. The summed E-state index contributed by atoms with van der Waals surface area (Å²) in [7, 11) is 0. The van der Waals surface area contributed by atoms with Gasteiger partial charge >= 0.3 is 11.9 Å². The number of carbonyl (C=O) groups excluding carboxylic acids is 2. The fourth-order valence-corrected chi connectivity index (χ4v) is 3.74. The lowest BCUT2D eigenvalue weighted by Crippen LogP contribution is -2.28. The van der Waals surface area contributed by atoms with Crippen LogP contribution in [0.3, 0.4) is 0 Å². The van der Waals surface area contributed by atoms with E-state index in [-0.39, 0.29) is 25.2 Å². The molecule has 1 atom stereocenters. The fourth-order valence-electron chi connectivity index (χ4n) is 3.74. The summed E-state index contributed by atoms with van der Waals surface area (Å²) < 4.78 is 10.5. The second-order valence-corrected chi connectivity index (χ2v) is 9.54. The molecule has 0 aliphatic carbocycles. The van der Waals surface area contributed by atoms with Crippen LogP contribution in [-0.4, -0.2) is 36.4 Å². The zero-order valence-corrected chi connectivity index (χ0v) is 23.7. The normalized spacial score (nSPS) is 12.8. The number of aliphatic hydroxyl groups is 1. The third-order valence-electron chi connectivity index (χ3n) is 5.98. The molecule has 0 rings (SSSR count). The minimum atomic E-state index is -0.782. The Morgan fingerprint density at radius 1 is 0.649 bits per heavy atom. The van der Waals surface area contributed by atoms with Crippen molar-refractivity contribution in [3.63, 3.8) is 0 Å². The summed E-state index contributed by atoms with van der Waals surface area (Å²) in [5.41, 5.74) is 0. The van der Waals surface area contributed by atoms with Gasteiger partial charge in [-0.15, -0.1) is 0 Å². The Bertz CT molecular complexity index is 648. The highest BCUT2D eigenvalue weighted by Crippen LogP contribution is 2.12. The van der Waals surface area contributed by atoms with Crippen LogP contribution in [0, 0.1) is 0 Å². The van der Waals surface area contributed by atoms with Crippen LogP contribution in [0.15, 0.2) is 48.6 Å². The average Bonchev–Trinajstić information content (AvgIpc) is 2.90. The monoisotopic (exact) mass is 518 g/mol. The fraction of sp³-hybridized carbons (Fsp3) is 0.688. The van der Waals surface area contributed by atoms with Gasteiger partial charge in [-0.05, 0) is 32.1 Å². The number of carbonyl (C=O) groups is 2. The zero-order chi connectivity index (χ0) is 27.2. The predicted molar refractivity (Wildman–Crippen MR) is 154 cm³/mol. The van der Waals surface area contributed by atoms with Crippen molar-refractivity contribution in [2.24, 2.45) is 0 Å². The summed E-state index contributed by atoms with van der Waals surface area (Å²) in [6.07, 6.45) is 33.0. The number of rotatable bonds is 25. The molecule has 0 bridgehead atoms. The van der Waals surface area contributed by atoms with E-state index in [4.69, 9.17) is 9.47 Å². The molecule has 0 amide bonds. The Morgan fingerprint density at radius 3 is 1.76 bits per heavy atom. The number of hydrogen-bond acceptors (Lipinski definition) is 5. The highest BCUT2D eigenvalue weighted by Gasteiger charge is 2.16. The molecule has 1 N–H and O–H groups in total. The van der Waals surface area contributed by atoms with Gasteiger partial charge in [0.2, 0.25) is 0 Å². The molecule has 37 heavy (non-hydrogen) atoms. The van der Waals surface area contributed by atoms with Gasteiger partial charge < -0.3 is 14.6 Å². The molecule has 0 spiro atoms. The second-order valence-electron chi connectivity index (χ2n) is 9.54. The van der Waals surface area contributed by atoms with Crippen LogP contribution >= 0.6 is 0 Å². The molecule has 0 radical (unpaired) electrons. The van der Waals surface area contributed by atoms with Gasteiger partial charge in [0.1, 0.15) is 6.61 Å². The molecule has 0 aromatic heterocycles. The lowest BCUT2D eigenvalue weighted by Gasteiger charge is -2.15. The van der Waals surface area contributed by atoms with Gasteiger partial charge in [-0.2, -0.15) is 0 Å². The first kappa shape index (κ1) is 34.9. The van der Waals surface area contributed by atoms with E-state index in [1.165, 1.54) is 44.9 Å². The molecule has 0 aliphatic heterocycles. The summed E-state index contributed by atoms with van der Waals surface area (Å²) in [6, 6.07) is 0. The number of hydrogen-bond donors (Lipinski definition) is 1. The third kappa shape index (κ3) is 26.7. The van der Waals surface area contributed by atoms with Gasteiger partial charge in [-0.3, -0.25) is 9.59 Å². The number of allylic oxidation sites excluding steroid dienone is 8. The first-order valence-electron chi connectivity index (χ1n) is 14.7. The highest BCUT2D eigenvalue weighted by atomic mass is 16.6. The molecule has 0 aromatic rings. The van der Waals surface area contributed by atoms with Crippen molar-refractivity contribution in [2.75, 3.05) is 13.2 Å². The maximum Gasteiger partial charge on any atom is 0.306 e.